The van der Waals surface area contributed by atoms with Crippen molar-refractivity contribution in [3.8, 4) is 0 Å². The summed E-state index contributed by atoms with van der Waals surface area (Å²) >= 11 is 1.61. The third kappa shape index (κ3) is 16.3. The van der Waals surface area contributed by atoms with E-state index in [9.17, 15) is 19.2 Å². The van der Waals surface area contributed by atoms with Crippen LogP contribution in [0.1, 0.15) is 139 Å². The molecule has 2 aliphatic rings. The zero-order valence-electron chi connectivity index (χ0n) is 34.5. The van der Waals surface area contributed by atoms with Gasteiger partial charge >= 0.3 is 12.2 Å². The first kappa shape index (κ1) is 45.0. The number of nitrogen functional groups attached to an aromatic ring is 2. The summed E-state index contributed by atoms with van der Waals surface area (Å²) in [5.41, 5.74) is 13.5. The van der Waals surface area contributed by atoms with Gasteiger partial charge in [-0.25, -0.2) is 9.59 Å². The highest BCUT2D eigenvalue weighted by atomic mass is 32.1. The van der Waals surface area contributed by atoms with Crippen LogP contribution in [0.4, 0.5) is 21.0 Å². The second-order valence-corrected chi connectivity index (χ2v) is 18.2. The Kier molecular flexibility index (Phi) is 16.7. The van der Waals surface area contributed by atoms with Gasteiger partial charge in [-0.05, 0) is 109 Å². The highest BCUT2D eigenvalue weighted by molar-refractivity contribution is 7.11. The van der Waals surface area contributed by atoms with Crippen LogP contribution in [0.5, 0.6) is 0 Å². The van der Waals surface area contributed by atoms with Crippen LogP contribution in [0.2, 0.25) is 0 Å². The average Bonchev–Trinajstić information content (AvgIpc) is 3.65. The van der Waals surface area contributed by atoms with Gasteiger partial charge in [0.05, 0.1) is 12.6 Å². The maximum absolute atomic E-state index is 12.7. The van der Waals surface area contributed by atoms with Crippen molar-refractivity contribution in [3.63, 3.8) is 0 Å². The Morgan fingerprint density at radius 1 is 0.702 bits per heavy atom. The minimum Gasteiger partial charge on any atom is -0.444 e. The number of anilines is 2. The lowest BCUT2D eigenvalue weighted by Gasteiger charge is -2.24. The summed E-state index contributed by atoms with van der Waals surface area (Å²) in [7, 11) is 0. The Balaban J connectivity index is 0.000000253. The number of Topliss-reactive ketones (excluding diaryl/α,β-unsaturated/α-hetero) is 1. The first-order valence-electron chi connectivity index (χ1n) is 20.3. The van der Waals surface area contributed by atoms with E-state index in [-0.39, 0.29) is 30.7 Å². The van der Waals surface area contributed by atoms with Gasteiger partial charge in [0, 0.05) is 29.6 Å². The van der Waals surface area contributed by atoms with Gasteiger partial charge < -0.3 is 36.9 Å². The summed E-state index contributed by atoms with van der Waals surface area (Å²) in [5.74, 6) is 0.176. The van der Waals surface area contributed by atoms with Gasteiger partial charge in [0.25, 0.3) is 0 Å². The maximum Gasteiger partial charge on any atom is 0.408 e. The number of carbonyl (C=O) groups is 4. The second kappa shape index (κ2) is 21.2. The Hall–Kier alpha value is -4.72. The number of nitrogens with one attached hydrogen (secondary N) is 3. The highest BCUT2D eigenvalue weighted by Gasteiger charge is 2.28. The third-order valence-corrected chi connectivity index (χ3v) is 10.9. The van der Waals surface area contributed by atoms with Crippen molar-refractivity contribution in [1.29, 1.82) is 0 Å². The van der Waals surface area contributed by atoms with Crippen LogP contribution in [0.15, 0.2) is 48.5 Å². The van der Waals surface area contributed by atoms with Gasteiger partial charge in [0.2, 0.25) is 5.91 Å². The van der Waals surface area contributed by atoms with E-state index in [1.807, 2.05) is 45.0 Å². The van der Waals surface area contributed by atoms with E-state index in [1.165, 1.54) is 38.5 Å². The molecule has 1 heterocycles. The quantitative estimate of drug-likeness (QED) is 0.112. The third-order valence-electron chi connectivity index (χ3n) is 9.74. The molecule has 0 saturated heterocycles. The summed E-state index contributed by atoms with van der Waals surface area (Å²) in [6.45, 7) is 10.8. The largest absolute Gasteiger partial charge is 0.444 e. The molecule has 2 fully saturated rings. The monoisotopic (exact) mass is 805 g/mol. The SMILES string of the molecule is CC(C)(C)OC(=O)N[C@@H](Cc1ccc(N)cc1)C(=O)NCC(=O)C1CCCCC1.CC(C)(C)OC(=O)N[C@@H](Cc1ccc(N)cc1)c1nnc(C2CCCCC2)s1. The van der Waals surface area contributed by atoms with Gasteiger partial charge in [-0.3, -0.25) is 9.59 Å². The smallest absolute Gasteiger partial charge is 0.408 e. The lowest BCUT2D eigenvalue weighted by atomic mass is 9.86. The number of nitrogens with zero attached hydrogens (tertiary/aromatic N) is 2. The first-order chi connectivity index (χ1) is 26.9. The van der Waals surface area contributed by atoms with Crippen molar-refractivity contribution >= 4 is 46.6 Å². The average molecular weight is 806 g/mol. The lowest BCUT2D eigenvalue weighted by molar-refractivity contribution is -0.128. The summed E-state index contributed by atoms with van der Waals surface area (Å²) in [4.78, 5) is 49.7. The highest BCUT2D eigenvalue weighted by Crippen LogP contribution is 2.36. The molecular weight excluding hydrogens is 743 g/mol. The molecule has 1 aromatic heterocycles. The van der Waals surface area contributed by atoms with Crippen LogP contribution in [0.25, 0.3) is 0 Å². The summed E-state index contributed by atoms with van der Waals surface area (Å²) in [5, 5.41) is 19.1. The molecule has 312 valence electrons. The van der Waals surface area contributed by atoms with E-state index in [2.05, 4.69) is 26.1 Å². The molecule has 7 N–H and O–H groups in total. The standard InChI is InChI=1S/C22H33N3O4.C21H30N4O2S/c1-22(2,3)29-21(28)25-18(13-15-9-11-17(23)12-10-15)20(27)24-14-19(26)16-7-5-4-6-8-16;1-21(2,3)27-20(26)23-17(13-14-9-11-16(22)12-10-14)19-25-24-18(28-19)15-7-5-4-6-8-15/h9-12,16,18H,4-8,13-14,23H2,1-3H3,(H,24,27)(H,25,28);9-12,15,17H,4-8,13,22H2,1-3H3,(H,23,26)/t18-;17-/m00/s1. The van der Waals surface area contributed by atoms with Gasteiger partial charge in [-0.2, -0.15) is 0 Å². The molecule has 2 aliphatic carbocycles. The Labute approximate surface area is 341 Å². The van der Waals surface area contributed by atoms with Crippen molar-refractivity contribution in [2.75, 3.05) is 18.0 Å². The molecule has 0 spiro atoms. The van der Waals surface area contributed by atoms with Crippen LogP contribution in [0.3, 0.4) is 0 Å². The lowest BCUT2D eigenvalue weighted by Crippen LogP contribution is -2.50. The molecule has 0 aliphatic heterocycles. The Morgan fingerprint density at radius 3 is 1.72 bits per heavy atom. The van der Waals surface area contributed by atoms with Crippen molar-refractivity contribution in [1.82, 2.24) is 26.1 Å². The molecule has 0 bridgehead atoms. The van der Waals surface area contributed by atoms with E-state index in [0.717, 1.165) is 52.5 Å². The topological polar surface area (TPSA) is 201 Å². The molecule has 0 unspecified atom stereocenters. The van der Waals surface area contributed by atoms with E-state index in [1.54, 1.807) is 56.4 Å². The molecule has 0 radical (unpaired) electrons. The summed E-state index contributed by atoms with van der Waals surface area (Å²) in [6, 6.07) is 13.6. The number of amides is 3. The number of aromatic nitrogens is 2. The van der Waals surface area contributed by atoms with Crippen LogP contribution in [-0.4, -0.2) is 57.9 Å². The normalized spacial score (nSPS) is 16.2. The number of nitrogens with two attached hydrogens (primary N) is 2. The van der Waals surface area contributed by atoms with E-state index in [4.69, 9.17) is 20.9 Å². The number of hydrogen-bond donors (Lipinski definition) is 5. The van der Waals surface area contributed by atoms with Crippen LogP contribution in [-0.2, 0) is 31.9 Å². The van der Waals surface area contributed by atoms with Gasteiger partial charge in [0.1, 0.15) is 27.3 Å². The number of hydrogen-bond acceptors (Lipinski definition) is 11. The minimum atomic E-state index is -0.854. The van der Waals surface area contributed by atoms with Crippen molar-refractivity contribution in [3.05, 3.63) is 69.7 Å². The molecule has 3 amide bonds. The molecule has 14 heteroatoms. The molecule has 13 nitrogen and oxygen atoms in total. The molecular formula is C43H63N7O6S. The molecule has 2 aromatic carbocycles. The fraction of sp³-hybridized carbons (Fsp3) is 0.581. The zero-order chi connectivity index (χ0) is 41.6. The molecule has 5 rings (SSSR count). The number of benzene rings is 2. The zero-order valence-corrected chi connectivity index (χ0v) is 35.3. The van der Waals surface area contributed by atoms with E-state index >= 15 is 0 Å². The molecule has 57 heavy (non-hydrogen) atoms. The van der Waals surface area contributed by atoms with Crippen molar-refractivity contribution < 1.29 is 28.7 Å². The Bertz CT molecular complexity index is 1740. The fourth-order valence-electron chi connectivity index (χ4n) is 6.86. The van der Waals surface area contributed by atoms with Crippen molar-refractivity contribution in [2.45, 2.75) is 148 Å². The number of ketones is 1. The van der Waals surface area contributed by atoms with Gasteiger partial charge in [-0.1, -0.05) is 74.1 Å². The van der Waals surface area contributed by atoms with Crippen LogP contribution in [0, 0.1) is 5.92 Å². The van der Waals surface area contributed by atoms with Crippen molar-refractivity contribution in [2.24, 2.45) is 5.92 Å². The predicted molar refractivity (Wildman–Crippen MR) is 225 cm³/mol. The predicted octanol–water partition coefficient (Wildman–Crippen LogP) is 7.95. The first-order valence-corrected chi connectivity index (χ1v) is 21.1. The Morgan fingerprint density at radius 2 is 1.19 bits per heavy atom. The molecule has 2 saturated carbocycles. The maximum atomic E-state index is 12.7. The van der Waals surface area contributed by atoms with E-state index < -0.39 is 35.3 Å². The number of alkyl carbamates (subject to hydrolysis) is 2. The second-order valence-electron chi connectivity index (χ2n) is 17.1. The van der Waals surface area contributed by atoms with Crippen LogP contribution < -0.4 is 27.4 Å². The van der Waals surface area contributed by atoms with Crippen LogP contribution >= 0.6 is 11.3 Å². The number of carbonyl (C=O) groups excluding carboxylic acids is 4. The fourth-order valence-corrected chi connectivity index (χ4v) is 7.92. The molecule has 2 atom stereocenters. The summed E-state index contributed by atoms with van der Waals surface area (Å²) < 4.78 is 10.7. The number of rotatable bonds is 12. The van der Waals surface area contributed by atoms with Gasteiger partial charge in [0.15, 0.2) is 5.78 Å². The number of ether oxygens (including phenoxy) is 2. The minimum absolute atomic E-state index is 0.0161. The van der Waals surface area contributed by atoms with E-state index in [0.29, 0.717) is 18.0 Å². The summed E-state index contributed by atoms with van der Waals surface area (Å²) in [6.07, 6.45) is 11.0. The molecule has 3 aromatic rings. The van der Waals surface area contributed by atoms with Gasteiger partial charge in [-0.15, -0.1) is 10.2 Å².